The Bertz CT molecular complexity index is 1300. The summed E-state index contributed by atoms with van der Waals surface area (Å²) in [6.45, 7) is 8.96. The quantitative estimate of drug-likeness (QED) is 0.190. The Morgan fingerprint density at radius 1 is 1.26 bits per heavy atom. The van der Waals surface area contributed by atoms with Gasteiger partial charge in [0.15, 0.2) is 11.2 Å². The molecule has 1 aliphatic heterocycles. The Morgan fingerprint density at radius 2 is 1.98 bits per heavy atom. The molecule has 0 bridgehead atoms. The molecule has 1 aliphatic rings. The van der Waals surface area contributed by atoms with Gasteiger partial charge in [0.1, 0.15) is 18.8 Å². The molecule has 1 fully saturated rings. The predicted octanol–water partition coefficient (Wildman–Crippen LogP) is 1.86. The van der Waals surface area contributed by atoms with Crippen LogP contribution in [0.2, 0.25) is 0 Å². The number of imidazole rings is 1. The van der Waals surface area contributed by atoms with Crippen LogP contribution in [-0.2, 0) is 39.6 Å². The van der Waals surface area contributed by atoms with Crippen LogP contribution >= 0.6 is 7.67 Å². The SMILES string of the molecule is COC(=O)C1CCCN1P(=O)(NC(C)C(=O)OCC(C)(C)C)OCC(CC(C)O)OCn1cnc2c(OC)nc(N)nc21. The molecule has 0 amide bonds. The van der Waals surface area contributed by atoms with Gasteiger partial charge < -0.3 is 34.3 Å². The van der Waals surface area contributed by atoms with Gasteiger partial charge in [-0.05, 0) is 32.1 Å². The van der Waals surface area contributed by atoms with Crippen LogP contribution in [0.25, 0.3) is 11.2 Å². The van der Waals surface area contributed by atoms with Gasteiger partial charge in [-0.25, -0.2) is 14.7 Å². The summed E-state index contributed by atoms with van der Waals surface area (Å²) in [5.74, 6) is -0.986. The first-order valence-corrected chi connectivity index (χ1v) is 15.6. The van der Waals surface area contributed by atoms with Gasteiger partial charge in [0, 0.05) is 13.0 Å². The standard InChI is InChI=1S/C26H44N7O9P/c1-16(34)11-18(41-15-32-14-28-20-21(32)29-25(27)30-22(20)38-6)12-42-43(37,33-10-8-9-19(33)24(36)39-7)31-17(2)23(35)40-13-26(3,4)5/h14,16-19,34H,8-13,15H2,1-7H3,(H,31,37)(H2,27,29,30). The predicted molar refractivity (Wildman–Crippen MR) is 156 cm³/mol. The van der Waals surface area contributed by atoms with Gasteiger partial charge >= 0.3 is 19.6 Å². The summed E-state index contributed by atoms with van der Waals surface area (Å²) in [7, 11) is -1.36. The van der Waals surface area contributed by atoms with Crippen LogP contribution < -0.4 is 15.6 Å². The first-order chi connectivity index (χ1) is 20.2. The van der Waals surface area contributed by atoms with Crippen molar-refractivity contribution >= 4 is 36.7 Å². The number of rotatable bonds is 15. The lowest BCUT2D eigenvalue weighted by Crippen LogP contribution is -2.44. The number of ether oxygens (including phenoxy) is 4. The number of fused-ring (bicyclic) bond motifs is 1. The zero-order valence-corrected chi connectivity index (χ0v) is 26.7. The van der Waals surface area contributed by atoms with Gasteiger partial charge in [-0.15, -0.1) is 0 Å². The van der Waals surface area contributed by atoms with Crippen molar-refractivity contribution in [1.82, 2.24) is 29.3 Å². The van der Waals surface area contributed by atoms with Gasteiger partial charge in [-0.1, -0.05) is 20.8 Å². The number of carbonyl (C=O) groups excluding carboxylic acids is 2. The van der Waals surface area contributed by atoms with Gasteiger partial charge in [-0.3, -0.25) is 18.7 Å². The normalized spacial score (nSPS) is 19.5. The smallest absolute Gasteiger partial charge is 0.345 e. The van der Waals surface area contributed by atoms with E-state index in [2.05, 4.69) is 20.0 Å². The molecule has 43 heavy (non-hydrogen) atoms. The minimum absolute atomic E-state index is 0.0112. The fourth-order valence-corrected chi connectivity index (χ4v) is 6.76. The summed E-state index contributed by atoms with van der Waals surface area (Å²) in [6, 6.07) is -1.87. The Kier molecular flexibility index (Phi) is 11.9. The summed E-state index contributed by atoms with van der Waals surface area (Å²) in [6.07, 6.45) is 1.00. The number of carbonyl (C=O) groups is 2. The molecule has 5 atom stereocenters. The van der Waals surface area contributed by atoms with Crippen molar-refractivity contribution in [2.45, 2.75) is 84.9 Å². The summed E-state index contributed by atoms with van der Waals surface area (Å²) in [5, 5.41) is 13.0. The number of nitrogen functional groups attached to an aromatic ring is 1. The highest BCUT2D eigenvalue weighted by molar-refractivity contribution is 7.54. The number of anilines is 1. The van der Waals surface area contributed by atoms with Crippen LogP contribution in [0.15, 0.2) is 6.33 Å². The minimum atomic E-state index is -4.05. The highest BCUT2D eigenvalue weighted by Crippen LogP contribution is 2.52. The average Bonchev–Trinajstić information content (AvgIpc) is 3.59. The average molecular weight is 630 g/mol. The van der Waals surface area contributed by atoms with E-state index in [0.717, 1.165) is 0 Å². The van der Waals surface area contributed by atoms with E-state index in [4.69, 9.17) is 29.2 Å². The molecular weight excluding hydrogens is 585 g/mol. The fraction of sp³-hybridized carbons (Fsp3) is 0.731. The number of aliphatic hydroxyl groups is 1. The van der Waals surface area contributed by atoms with Crippen molar-refractivity contribution < 1.29 is 42.7 Å². The van der Waals surface area contributed by atoms with Gasteiger partial charge in [0.2, 0.25) is 11.8 Å². The van der Waals surface area contributed by atoms with Crippen molar-refractivity contribution in [3.63, 3.8) is 0 Å². The van der Waals surface area contributed by atoms with Crippen LogP contribution in [-0.4, -0.2) is 99.5 Å². The fourth-order valence-electron chi connectivity index (χ4n) is 4.44. The molecule has 2 aromatic heterocycles. The third-order valence-electron chi connectivity index (χ3n) is 6.53. The zero-order chi connectivity index (χ0) is 31.9. The zero-order valence-electron chi connectivity index (χ0n) is 25.8. The van der Waals surface area contributed by atoms with E-state index in [1.54, 1.807) is 11.5 Å². The summed E-state index contributed by atoms with van der Waals surface area (Å²) in [5.41, 5.74) is 6.29. The minimum Gasteiger partial charge on any atom is -0.479 e. The maximum absolute atomic E-state index is 14.5. The molecular formula is C26H44N7O9P. The van der Waals surface area contributed by atoms with Crippen molar-refractivity contribution in [3.8, 4) is 5.88 Å². The topological polar surface area (TPSA) is 202 Å². The lowest BCUT2D eigenvalue weighted by molar-refractivity contribution is -0.148. The first-order valence-electron chi connectivity index (χ1n) is 14.0. The van der Waals surface area contributed by atoms with E-state index >= 15 is 0 Å². The maximum atomic E-state index is 14.5. The molecule has 2 aromatic rings. The number of nitrogens with one attached hydrogen (secondary N) is 1. The Hall–Kier alpha value is -2.88. The third-order valence-corrected chi connectivity index (χ3v) is 8.89. The third kappa shape index (κ3) is 9.30. The van der Waals surface area contributed by atoms with Crippen LogP contribution in [0.4, 0.5) is 5.95 Å². The number of nitrogens with zero attached hydrogens (tertiary/aromatic N) is 5. The first kappa shape index (κ1) is 34.6. The molecule has 3 heterocycles. The van der Waals surface area contributed by atoms with Crippen molar-refractivity contribution in [1.29, 1.82) is 0 Å². The maximum Gasteiger partial charge on any atom is 0.345 e. The monoisotopic (exact) mass is 629 g/mol. The number of aromatic nitrogens is 4. The highest BCUT2D eigenvalue weighted by Gasteiger charge is 2.46. The second-order valence-corrected chi connectivity index (χ2v) is 13.7. The Labute approximate surface area is 251 Å². The number of methoxy groups -OCH3 is 2. The molecule has 3 rings (SSSR count). The second-order valence-electron chi connectivity index (χ2n) is 11.7. The van der Waals surface area contributed by atoms with Crippen LogP contribution in [0.1, 0.15) is 53.9 Å². The van der Waals surface area contributed by atoms with E-state index in [1.165, 1.54) is 32.1 Å². The number of nitrogens with two attached hydrogens (primary N) is 1. The van der Waals surface area contributed by atoms with E-state index in [0.29, 0.717) is 24.0 Å². The number of esters is 2. The largest absolute Gasteiger partial charge is 0.479 e. The Morgan fingerprint density at radius 3 is 2.60 bits per heavy atom. The van der Waals surface area contributed by atoms with Crippen molar-refractivity contribution in [2.75, 3.05) is 39.7 Å². The molecule has 1 saturated heterocycles. The lowest BCUT2D eigenvalue weighted by Gasteiger charge is -2.34. The van der Waals surface area contributed by atoms with Gasteiger partial charge in [0.05, 0.1) is 46.0 Å². The van der Waals surface area contributed by atoms with Crippen molar-refractivity contribution in [3.05, 3.63) is 6.33 Å². The number of aliphatic hydroxyl groups excluding tert-OH is 1. The van der Waals surface area contributed by atoms with Crippen molar-refractivity contribution in [2.24, 2.45) is 5.41 Å². The molecule has 16 nitrogen and oxygen atoms in total. The highest BCUT2D eigenvalue weighted by atomic mass is 31.2. The molecule has 242 valence electrons. The Balaban J connectivity index is 1.81. The van der Waals surface area contributed by atoms with E-state index in [-0.39, 0.29) is 50.2 Å². The summed E-state index contributed by atoms with van der Waals surface area (Å²) >= 11 is 0. The van der Waals surface area contributed by atoms with Crippen LogP contribution in [0, 0.1) is 5.41 Å². The molecule has 5 unspecified atom stereocenters. The number of hydrogen-bond acceptors (Lipinski definition) is 13. The summed E-state index contributed by atoms with van der Waals surface area (Å²) < 4.78 is 45.1. The van der Waals surface area contributed by atoms with Gasteiger partial charge in [0.25, 0.3) is 0 Å². The molecule has 17 heteroatoms. The van der Waals surface area contributed by atoms with E-state index in [1.807, 2.05) is 20.8 Å². The molecule has 0 aromatic carbocycles. The van der Waals surface area contributed by atoms with Crippen LogP contribution in [0.3, 0.4) is 0 Å². The van der Waals surface area contributed by atoms with Gasteiger partial charge in [-0.2, -0.15) is 9.97 Å². The van der Waals surface area contributed by atoms with Crippen LogP contribution in [0.5, 0.6) is 5.88 Å². The summed E-state index contributed by atoms with van der Waals surface area (Å²) in [4.78, 5) is 37.8. The molecule has 4 N–H and O–H groups in total. The van der Waals surface area contributed by atoms with E-state index in [9.17, 15) is 19.3 Å². The second kappa shape index (κ2) is 14.7. The van der Waals surface area contributed by atoms with E-state index < -0.39 is 43.9 Å². The molecule has 0 aliphatic carbocycles. The molecule has 0 saturated carbocycles. The lowest BCUT2D eigenvalue weighted by atomic mass is 9.99. The number of hydrogen-bond donors (Lipinski definition) is 3. The molecule has 0 radical (unpaired) electrons. The molecule has 0 spiro atoms.